The summed E-state index contributed by atoms with van der Waals surface area (Å²) in [6.07, 6.45) is 3.73. The number of aryl methyl sites for hydroxylation is 1. The third-order valence-electron chi connectivity index (χ3n) is 5.84. The molecule has 0 radical (unpaired) electrons. The third-order valence-corrected chi connectivity index (χ3v) is 5.84. The molecular weight excluding hydrogens is 394 g/mol. The molecule has 0 saturated heterocycles. The topological polar surface area (TPSA) is 99.9 Å². The van der Waals surface area contributed by atoms with Gasteiger partial charge in [0, 0.05) is 31.7 Å². The second-order valence-electron chi connectivity index (χ2n) is 7.81. The van der Waals surface area contributed by atoms with Crippen molar-refractivity contribution in [3.05, 3.63) is 56.2 Å². The van der Waals surface area contributed by atoms with Gasteiger partial charge < -0.3 is 11.1 Å². The molecule has 3 N–H and O–H groups in total. The predicted octanol–water partition coefficient (Wildman–Crippen LogP) is 1.44. The van der Waals surface area contributed by atoms with Crippen LogP contribution in [-0.2, 0) is 20.6 Å². The van der Waals surface area contributed by atoms with E-state index in [1.807, 2.05) is 0 Å². The number of fused-ring (bicyclic) bond motifs is 1. The molecule has 2 aromatic heterocycles. The summed E-state index contributed by atoms with van der Waals surface area (Å²) in [5.74, 6) is -1.66. The van der Waals surface area contributed by atoms with Crippen LogP contribution in [0, 0.1) is 11.6 Å². The van der Waals surface area contributed by atoms with Gasteiger partial charge in [0.1, 0.15) is 0 Å². The second-order valence-corrected chi connectivity index (χ2v) is 7.81. The maximum absolute atomic E-state index is 14.4. The Morgan fingerprint density at radius 1 is 1.17 bits per heavy atom. The molecule has 1 saturated carbocycles. The fourth-order valence-electron chi connectivity index (χ4n) is 4.06. The first-order valence-corrected chi connectivity index (χ1v) is 9.91. The van der Waals surface area contributed by atoms with Crippen molar-refractivity contribution in [2.75, 3.05) is 5.32 Å². The molecule has 3 aromatic rings. The Morgan fingerprint density at radius 3 is 2.63 bits per heavy atom. The van der Waals surface area contributed by atoms with Crippen LogP contribution in [0.5, 0.6) is 0 Å². The van der Waals surface area contributed by atoms with Crippen LogP contribution in [0.3, 0.4) is 0 Å². The number of rotatable bonds is 4. The first-order chi connectivity index (χ1) is 14.3. The van der Waals surface area contributed by atoms with Crippen molar-refractivity contribution in [2.24, 2.45) is 19.8 Å². The Balaban J connectivity index is 1.91. The Hall–Kier alpha value is -3.01. The number of aromatic nitrogens is 4. The molecule has 160 valence electrons. The van der Waals surface area contributed by atoms with Crippen molar-refractivity contribution < 1.29 is 8.78 Å². The Bertz CT molecular complexity index is 1230. The quantitative estimate of drug-likeness (QED) is 0.668. The highest BCUT2D eigenvalue weighted by atomic mass is 19.2. The molecule has 1 fully saturated rings. The molecule has 1 aromatic carbocycles. The molecule has 0 unspecified atom stereocenters. The SMILES string of the molecule is Cn1c(=O)c2c(nc(N[C@@H]3CCCC[C@@H]3N)n2Cc2cccc(F)c2F)n(C)c1=O. The van der Waals surface area contributed by atoms with Gasteiger partial charge in [-0.05, 0) is 18.9 Å². The monoisotopic (exact) mass is 418 g/mol. The van der Waals surface area contributed by atoms with Crippen LogP contribution in [-0.4, -0.2) is 30.8 Å². The van der Waals surface area contributed by atoms with Crippen LogP contribution < -0.4 is 22.3 Å². The normalized spacial score (nSPS) is 19.4. The van der Waals surface area contributed by atoms with Gasteiger partial charge in [0.2, 0.25) is 5.95 Å². The fraction of sp³-hybridized carbons (Fsp3) is 0.450. The highest BCUT2D eigenvalue weighted by molar-refractivity contribution is 5.74. The van der Waals surface area contributed by atoms with E-state index >= 15 is 0 Å². The number of benzene rings is 1. The van der Waals surface area contributed by atoms with E-state index in [0.29, 0.717) is 5.95 Å². The van der Waals surface area contributed by atoms with E-state index in [1.54, 1.807) is 0 Å². The summed E-state index contributed by atoms with van der Waals surface area (Å²) in [7, 11) is 2.88. The van der Waals surface area contributed by atoms with Crippen molar-refractivity contribution >= 4 is 17.1 Å². The van der Waals surface area contributed by atoms with E-state index in [-0.39, 0.29) is 35.4 Å². The molecule has 4 rings (SSSR count). The summed E-state index contributed by atoms with van der Waals surface area (Å²) in [6.45, 7) is -0.127. The van der Waals surface area contributed by atoms with Crippen LogP contribution in [0.15, 0.2) is 27.8 Å². The molecular formula is C20H24F2N6O2. The fourth-order valence-corrected chi connectivity index (χ4v) is 4.06. The molecule has 10 heteroatoms. The van der Waals surface area contributed by atoms with Crippen molar-refractivity contribution in [1.82, 2.24) is 18.7 Å². The lowest BCUT2D eigenvalue weighted by atomic mass is 9.91. The van der Waals surface area contributed by atoms with Crippen LogP contribution >= 0.6 is 0 Å². The number of imidazole rings is 1. The van der Waals surface area contributed by atoms with Crippen LogP contribution in [0.1, 0.15) is 31.2 Å². The molecule has 0 bridgehead atoms. The molecule has 2 heterocycles. The lowest BCUT2D eigenvalue weighted by Crippen LogP contribution is -2.43. The number of hydrogen-bond acceptors (Lipinski definition) is 5. The highest BCUT2D eigenvalue weighted by Crippen LogP contribution is 2.24. The molecule has 2 atom stereocenters. The summed E-state index contributed by atoms with van der Waals surface area (Å²) >= 11 is 0. The molecule has 0 amide bonds. The Labute approximate surface area is 170 Å². The molecule has 0 aliphatic heterocycles. The lowest BCUT2D eigenvalue weighted by Gasteiger charge is -2.29. The number of nitrogens with two attached hydrogens (primary N) is 1. The zero-order chi connectivity index (χ0) is 21.6. The van der Waals surface area contributed by atoms with Gasteiger partial charge in [-0.3, -0.25) is 18.5 Å². The van der Waals surface area contributed by atoms with Crippen LogP contribution in [0.25, 0.3) is 11.2 Å². The van der Waals surface area contributed by atoms with Gasteiger partial charge in [-0.15, -0.1) is 0 Å². The molecule has 0 spiro atoms. The minimum absolute atomic E-state index is 0.0706. The van der Waals surface area contributed by atoms with Crippen LogP contribution in [0.2, 0.25) is 0 Å². The van der Waals surface area contributed by atoms with Gasteiger partial charge in [0.05, 0.1) is 6.54 Å². The van der Waals surface area contributed by atoms with Crippen molar-refractivity contribution in [3.63, 3.8) is 0 Å². The van der Waals surface area contributed by atoms with Crippen molar-refractivity contribution in [3.8, 4) is 0 Å². The number of nitrogens with zero attached hydrogens (tertiary/aromatic N) is 4. The van der Waals surface area contributed by atoms with E-state index in [0.717, 1.165) is 36.3 Å². The summed E-state index contributed by atoms with van der Waals surface area (Å²) in [6, 6.07) is 3.72. The molecule has 1 aliphatic carbocycles. The number of hydrogen-bond donors (Lipinski definition) is 2. The molecule has 8 nitrogen and oxygen atoms in total. The van der Waals surface area contributed by atoms with Gasteiger partial charge in [0.15, 0.2) is 22.8 Å². The van der Waals surface area contributed by atoms with E-state index in [4.69, 9.17) is 5.73 Å². The second kappa shape index (κ2) is 7.67. The van der Waals surface area contributed by atoms with Crippen LogP contribution in [0.4, 0.5) is 14.7 Å². The molecule has 30 heavy (non-hydrogen) atoms. The number of nitrogens with one attached hydrogen (secondary N) is 1. The van der Waals surface area contributed by atoms with Crippen molar-refractivity contribution in [2.45, 2.75) is 44.3 Å². The Kier molecular flexibility index (Phi) is 5.19. The van der Waals surface area contributed by atoms with Gasteiger partial charge in [-0.25, -0.2) is 13.6 Å². The lowest BCUT2D eigenvalue weighted by molar-refractivity contribution is 0.401. The summed E-state index contributed by atoms with van der Waals surface area (Å²) < 4.78 is 31.9. The molecule has 1 aliphatic rings. The van der Waals surface area contributed by atoms with E-state index in [1.165, 1.54) is 35.4 Å². The standard InChI is InChI=1S/C20H24F2N6O2/c1-26-17-16(18(29)27(2)20(26)30)28(10-11-6-5-7-12(21)15(11)22)19(25-17)24-14-9-4-3-8-13(14)23/h5-7,13-14H,3-4,8-10,23H2,1-2H3,(H,24,25)/t13-,14+/m0/s1. The Morgan fingerprint density at radius 2 is 1.90 bits per heavy atom. The minimum atomic E-state index is -0.985. The summed E-state index contributed by atoms with van der Waals surface area (Å²) in [4.78, 5) is 29.7. The van der Waals surface area contributed by atoms with Gasteiger partial charge in [0.25, 0.3) is 5.56 Å². The van der Waals surface area contributed by atoms with Crippen molar-refractivity contribution in [1.29, 1.82) is 0 Å². The van der Waals surface area contributed by atoms with Gasteiger partial charge >= 0.3 is 5.69 Å². The van der Waals surface area contributed by atoms with E-state index in [9.17, 15) is 18.4 Å². The zero-order valence-corrected chi connectivity index (χ0v) is 16.9. The number of anilines is 1. The maximum atomic E-state index is 14.4. The van der Waals surface area contributed by atoms with E-state index < -0.39 is 22.9 Å². The smallest absolute Gasteiger partial charge is 0.332 e. The first kappa shape index (κ1) is 20.3. The largest absolute Gasteiger partial charge is 0.351 e. The average Bonchev–Trinajstić information content (AvgIpc) is 3.08. The third kappa shape index (κ3) is 3.30. The first-order valence-electron chi connectivity index (χ1n) is 9.91. The summed E-state index contributed by atoms with van der Waals surface area (Å²) in [5.41, 5.74) is 5.55. The highest BCUT2D eigenvalue weighted by Gasteiger charge is 2.26. The summed E-state index contributed by atoms with van der Waals surface area (Å²) in [5, 5.41) is 3.28. The van der Waals surface area contributed by atoms with Gasteiger partial charge in [-0.2, -0.15) is 4.98 Å². The van der Waals surface area contributed by atoms with Gasteiger partial charge in [-0.1, -0.05) is 25.0 Å². The zero-order valence-electron chi connectivity index (χ0n) is 16.9. The average molecular weight is 418 g/mol. The van der Waals surface area contributed by atoms with E-state index in [2.05, 4.69) is 10.3 Å². The number of halogens is 2. The predicted molar refractivity (Wildman–Crippen MR) is 110 cm³/mol. The minimum Gasteiger partial charge on any atom is -0.351 e. The maximum Gasteiger partial charge on any atom is 0.332 e.